The van der Waals surface area contributed by atoms with Crippen molar-refractivity contribution < 1.29 is 27.4 Å². The van der Waals surface area contributed by atoms with E-state index in [4.69, 9.17) is 4.74 Å². The molecule has 110 valence electrons. The van der Waals surface area contributed by atoms with E-state index in [1.807, 2.05) is 0 Å². The molecular weight excluding hydrogens is 287 g/mol. The molecule has 0 atom stereocenters. The Labute approximate surface area is 118 Å². The van der Waals surface area contributed by atoms with E-state index < -0.39 is 17.9 Å². The number of pyridine rings is 1. The Balaban J connectivity index is 2.33. The number of aromatic nitrogens is 1. The fraction of sp³-hybridized carbons (Fsp3) is 0.143. The average molecular weight is 297 g/mol. The van der Waals surface area contributed by atoms with Crippen molar-refractivity contribution in [2.75, 3.05) is 7.11 Å². The molecule has 0 aliphatic heterocycles. The summed E-state index contributed by atoms with van der Waals surface area (Å²) in [5.41, 5.74) is 0.337. The molecule has 2 rings (SSSR count). The number of hydrogen-bond acceptors (Lipinski definition) is 4. The lowest BCUT2D eigenvalue weighted by atomic mass is 10.1. The van der Waals surface area contributed by atoms with E-state index in [1.54, 1.807) is 12.1 Å². The van der Waals surface area contributed by atoms with Crippen LogP contribution in [0.2, 0.25) is 0 Å². The van der Waals surface area contributed by atoms with E-state index in [-0.39, 0.29) is 17.0 Å². The summed E-state index contributed by atoms with van der Waals surface area (Å²) in [5, 5.41) is 0. The molecular formula is C14H10F3NO3. The maximum Gasteiger partial charge on any atom is 0.573 e. The number of ketones is 1. The van der Waals surface area contributed by atoms with Crippen molar-refractivity contribution in [2.45, 2.75) is 6.36 Å². The third-order valence-electron chi connectivity index (χ3n) is 2.55. The van der Waals surface area contributed by atoms with Gasteiger partial charge < -0.3 is 9.47 Å². The lowest BCUT2D eigenvalue weighted by molar-refractivity contribution is -0.275. The topological polar surface area (TPSA) is 48.4 Å². The molecule has 0 aliphatic rings. The normalized spacial score (nSPS) is 11.0. The molecule has 1 aromatic carbocycles. The van der Waals surface area contributed by atoms with Gasteiger partial charge in [-0.25, -0.2) is 0 Å². The molecule has 21 heavy (non-hydrogen) atoms. The monoisotopic (exact) mass is 297 g/mol. The molecule has 0 radical (unpaired) electrons. The van der Waals surface area contributed by atoms with Gasteiger partial charge in [0.2, 0.25) is 5.78 Å². The van der Waals surface area contributed by atoms with Crippen LogP contribution in [-0.2, 0) is 0 Å². The Morgan fingerprint density at radius 1 is 1.14 bits per heavy atom. The highest BCUT2D eigenvalue weighted by Gasteiger charge is 2.32. The maximum atomic E-state index is 12.2. The standard InChI is InChI=1S/C14H10F3NO3/c1-20-12-8-9(5-6-11(12)21-14(15,16)17)13(19)10-4-2-3-7-18-10/h2-8H,1H3. The second-order valence-corrected chi connectivity index (χ2v) is 3.96. The zero-order valence-electron chi connectivity index (χ0n) is 10.8. The van der Waals surface area contributed by atoms with Crippen LogP contribution in [-0.4, -0.2) is 24.2 Å². The first kappa shape index (κ1) is 14.8. The van der Waals surface area contributed by atoms with Crippen LogP contribution < -0.4 is 9.47 Å². The summed E-state index contributed by atoms with van der Waals surface area (Å²) in [6.45, 7) is 0. The summed E-state index contributed by atoms with van der Waals surface area (Å²) in [5.74, 6) is -1.12. The third kappa shape index (κ3) is 3.71. The Bertz CT molecular complexity index is 642. The van der Waals surface area contributed by atoms with Crippen LogP contribution in [0.25, 0.3) is 0 Å². The van der Waals surface area contributed by atoms with Crippen LogP contribution in [0.1, 0.15) is 16.1 Å². The molecule has 0 amide bonds. The van der Waals surface area contributed by atoms with Gasteiger partial charge in [-0.3, -0.25) is 9.78 Å². The first-order valence-corrected chi connectivity index (χ1v) is 5.80. The zero-order chi connectivity index (χ0) is 15.5. The van der Waals surface area contributed by atoms with Crippen LogP contribution in [0.3, 0.4) is 0 Å². The Kier molecular flexibility index (Phi) is 4.11. The van der Waals surface area contributed by atoms with Crippen LogP contribution >= 0.6 is 0 Å². The van der Waals surface area contributed by atoms with Gasteiger partial charge >= 0.3 is 6.36 Å². The lowest BCUT2D eigenvalue weighted by Gasteiger charge is -2.13. The van der Waals surface area contributed by atoms with Gasteiger partial charge in [0.05, 0.1) is 7.11 Å². The van der Waals surface area contributed by atoms with Crippen molar-refractivity contribution in [3.05, 3.63) is 53.9 Å². The van der Waals surface area contributed by atoms with Crippen molar-refractivity contribution in [1.82, 2.24) is 4.98 Å². The zero-order valence-corrected chi connectivity index (χ0v) is 10.8. The second kappa shape index (κ2) is 5.82. The average Bonchev–Trinajstić information content (AvgIpc) is 2.46. The van der Waals surface area contributed by atoms with Gasteiger partial charge in [-0.1, -0.05) is 6.07 Å². The number of halogens is 3. The Morgan fingerprint density at radius 3 is 2.48 bits per heavy atom. The van der Waals surface area contributed by atoms with Crippen LogP contribution in [0.4, 0.5) is 13.2 Å². The van der Waals surface area contributed by atoms with E-state index >= 15 is 0 Å². The molecule has 4 nitrogen and oxygen atoms in total. The summed E-state index contributed by atoms with van der Waals surface area (Å²) in [6.07, 6.45) is -3.38. The molecule has 0 unspecified atom stereocenters. The van der Waals surface area contributed by atoms with Crippen molar-refractivity contribution in [3.8, 4) is 11.5 Å². The van der Waals surface area contributed by atoms with E-state index in [2.05, 4.69) is 9.72 Å². The number of rotatable bonds is 4. The quantitative estimate of drug-likeness (QED) is 0.813. The SMILES string of the molecule is COc1cc(C(=O)c2ccccn2)ccc1OC(F)(F)F. The maximum absolute atomic E-state index is 12.2. The molecule has 0 N–H and O–H groups in total. The van der Waals surface area contributed by atoms with Gasteiger partial charge in [-0.05, 0) is 30.3 Å². The van der Waals surface area contributed by atoms with E-state index in [9.17, 15) is 18.0 Å². The summed E-state index contributed by atoms with van der Waals surface area (Å²) < 4.78 is 45.3. The fourth-order valence-electron chi connectivity index (χ4n) is 1.66. The van der Waals surface area contributed by atoms with Crippen molar-refractivity contribution >= 4 is 5.78 Å². The summed E-state index contributed by atoms with van der Waals surface area (Å²) in [7, 11) is 1.19. The minimum absolute atomic E-state index is 0.153. The Morgan fingerprint density at radius 2 is 1.90 bits per heavy atom. The highest BCUT2D eigenvalue weighted by Crippen LogP contribution is 2.33. The molecule has 2 aromatic rings. The van der Waals surface area contributed by atoms with E-state index in [0.717, 1.165) is 6.07 Å². The number of ether oxygens (including phenoxy) is 2. The highest BCUT2D eigenvalue weighted by atomic mass is 19.4. The molecule has 0 saturated heterocycles. The van der Waals surface area contributed by atoms with Crippen molar-refractivity contribution in [1.29, 1.82) is 0 Å². The molecule has 0 aliphatic carbocycles. The second-order valence-electron chi connectivity index (χ2n) is 3.96. The predicted octanol–water partition coefficient (Wildman–Crippen LogP) is 3.22. The van der Waals surface area contributed by atoms with E-state index in [1.165, 1.54) is 31.5 Å². The number of carbonyl (C=O) groups excluding carboxylic acids is 1. The van der Waals surface area contributed by atoms with Gasteiger partial charge in [0.1, 0.15) is 5.69 Å². The van der Waals surface area contributed by atoms with Gasteiger partial charge in [0, 0.05) is 11.8 Å². The van der Waals surface area contributed by atoms with Crippen LogP contribution in [0, 0.1) is 0 Å². The van der Waals surface area contributed by atoms with Crippen LogP contribution in [0.5, 0.6) is 11.5 Å². The van der Waals surface area contributed by atoms with Gasteiger partial charge in [0.25, 0.3) is 0 Å². The molecule has 0 spiro atoms. The fourth-order valence-corrected chi connectivity index (χ4v) is 1.66. The Hall–Kier alpha value is -2.57. The first-order valence-electron chi connectivity index (χ1n) is 5.80. The summed E-state index contributed by atoms with van der Waals surface area (Å²) >= 11 is 0. The molecule has 0 fully saturated rings. The minimum atomic E-state index is -4.83. The van der Waals surface area contributed by atoms with Crippen molar-refractivity contribution in [3.63, 3.8) is 0 Å². The minimum Gasteiger partial charge on any atom is -0.493 e. The highest BCUT2D eigenvalue weighted by molar-refractivity contribution is 6.08. The summed E-state index contributed by atoms with van der Waals surface area (Å²) in [6, 6.07) is 8.23. The van der Waals surface area contributed by atoms with Gasteiger partial charge in [-0.15, -0.1) is 13.2 Å². The van der Waals surface area contributed by atoms with E-state index in [0.29, 0.717) is 0 Å². The molecule has 1 heterocycles. The largest absolute Gasteiger partial charge is 0.573 e. The number of carbonyl (C=O) groups is 1. The van der Waals surface area contributed by atoms with Gasteiger partial charge in [-0.2, -0.15) is 0 Å². The summed E-state index contributed by atoms with van der Waals surface area (Å²) in [4.78, 5) is 16.0. The smallest absolute Gasteiger partial charge is 0.493 e. The molecule has 0 saturated carbocycles. The molecule has 0 bridgehead atoms. The van der Waals surface area contributed by atoms with Crippen molar-refractivity contribution in [2.24, 2.45) is 0 Å². The third-order valence-corrected chi connectivity index (χ3v) is 2.55. The van der Waals surface area contributed by atoms with Gasteiger partial charge in [0.15, 0.2) is 11.5 Å². The number of alkyl halides is 3. The number of hydrogen-bond donors (Lipinski definition) is 0. The number of methoxy groups -OCH3 is 1. The number of nitrogens with zero attached hydrogens (tertiary/aromatic N) is 1. The van der Waals surface area contributed by atoms with Crippen LogP contribution in [0.15, 0.2) is 42.6 Å². The predicted molar refractivity (Wildman–Crippen MR) is 67.3 cm³/mol. The lowest BCUT2D eigenvalue weighted by Crippen LogP contribution is -2.17. The number of benzene rings is 1. The molecule has 7 heteroatoms. The molecule has 1 aromatic heterocycles. The first-order chi connectivity index (χ1) is 9.90.